The Morgan fingerprint density at radius 1 is 1.38 bits per heavy atom. The Morgan fingerprint density at radius 3 is 2.62 bits per heavy atom. The van der Waals surface area contributed by atoms with Gasteiger partial charge in [-0.05, 0) is 12.1 Å². The lowest BCUT2D eigenvalue weighted by molar-refractivity contribution is 0.0688. The highest BCUT2D eigenvalue weighted by molar-refractivity contribution is 6.66. The topological polar surface area (TPSA) is 54.6 Å². The number of carboxylic acids is 1. The van der Waals surface area contributed by atoms with Crippen LogP contribution >= 0.6 is 34.8 Å². The van der Waals surface area contributed by atoms with Crippen LogP contribution < -0.4 is 0 Å². The van der Waals surface area contributed by atoms with Crippen LogP contribution in [-0.2, 0) is 3.79 Å². The number of aromatic nitrogens is 2. The normalized spacial score (nSPS) is 11.9. The Labute approximate surface area is 105 Å². The number of alkyl halides is 3. The number of imidazole rings is 1. The molecule has 4 nitrogen and oxygen atoms in total. The van der Waals surface area contributed by atoms with Crippen molar-refractivity contribution in [3.63, 3.8) is 0 Å². The lowest BCUT2D eigenvalue weighted by atomic mass is 10.3. The van der Waals surface area contributed by atoms with Crippen molar-refractivity contribution in [1.29, 1.82) is 0 Å². The molecule has 16 heavy (non-hydrogen) atoms. The summed E-state index contributed by atoms with van der Waals surface area (Å²) in [5, 5.41) is 9.08. The number of carboxylic acid groups (broad SMARTS) is 1. The summed E-state index contributed by atoms with van der Waals surface area (Å²) in [6, 6.07) is 5.02. The molecule has 0 saturated heterocycles. The predicted molar refractivity (Wildman–Crippen MR) is 61.4 cm³/mol. The van der Waals surface area contributed by atoms with Gasteiger partial charge in [0.2, 0.25) is 3.79 Å². The molecule has 0 aliphatic rings. The molecule has 2 rings (SSSR count). The van der Waals surface area contributed by atoms with Crippen molar-refractivity contribution in [2.75, 3.05) is 0 Å². The van der Waals surface area contributed by atoms with Crippen LogP contribution in [0.3, 0.4) is 0 Å². The number of fused-ring (bicyclic) bond motifs is 1. The molecule has 0 aliphatic heterocycles. The maximum absolute atomic E-state index is 11.1. The first-order valence-corrected chi connectivity index (χ1v) is 5.32. The highest BCUT2D eigenvalue weighted by Crippen LogP contribution is 2.39. The third kappa shape index (κ3) is 1.84. The molecule has 0 amide bonds. The molecule has 2 aromatic heterocycles. The van der Waals surface area contributed by atoms with E-state index >= 15 is 0 Å². The zero-order valence-corrected chi connectivity index (χ0v) is 9.96. The van der Waals surface area contributed by atoms with Gasteiger partial charge in [0.25, 0.3) is 0 Å². The lowest BCUT2D eigenvalue weighted by Gasteiger charge is -2.07. The van der Waals surface area contributed by atoms with Crippen LogP contribution in [0.15, 0.2) is 24.4 Å². The largest absolute Gasteiger partial charge is 0.477 e. The van der Waals surface area contributed by atoms with Crippen LogP contribution in [0.25, 0.3) is 5.65 Å². The molecule has 0 bridgehead atoms. The van der Waals surface area contributed by atoms with Crippen LogP contribution in [0.5, 0.6) is 0 Å². The van der Waals surface area contributed by atoms with Gasteiger partial charge in [0.1, 0.15) is 11.3 Å². The Bertz CT molecular complexity index is 559. The van der Waals surface area contributed by atoms with Crippen LogP contribution in [0.2, 0.25) is 0 Å². The van der Waals surface area contributed by atoms with Crippen LogP contribution in [0.1, 0.15) is 16.2 Å². The summed E-state index contributed by atoms with van der Waals surface area (Å²) in [6.45, 7) is 0. The molecule has 2 heterocycles. The van der Waals surface area contributed by atoms with E-state index < -0.39 is 9.76 Å². The molecule has 0 aromatic carbocycles. The van der Waals surface area contributed by atoms with Gasteiger partial charge >= 0.3 is 5.97 Å². The van der Waals surface area contributed by atoms with E-state index in [1.165, 1.54) is 4.40 Å². The molecular formula is C9H5Cl3N2O2. The summed E-state index contributed by atoms with van der Waals surface area (Å²) in [6.07, 6.45) is 1.55. The first-order chi connectivity index (χ1) is 7.41. The predicted octanol–water partition coefficient (Wildman–Crippen LogP) is 2.86. The second kappa shape index (κ2) is 3.80. The number of hydrogen-bond acceptors (Lipinski definition) is 2. The van der Waals surface area contributed by atoms with Crippen molar-refractivity contribution in [3.8, 4) is 0 Å². The second-order valence-corrected chi connectivity index (χ2v) is 5.32. The average Bonchev–Trinajstić information content (AvgIpc) is 2.55. The number of rotatable bonds is 1. The van der Waals surface area contributed by atoms with E-state index in [9.17, 15) is 4.79 Å². The first-order valence-electron chi connectivity index (χ1n) is 4.19. The highest BCUT2D eigenvalue weighted by Gasteiger charge is 2.33. The molecule has 0 atom stereocenters. The third-order valence-corrected chi connectivity index (χ3v) is 2.54. The average molecular weight is 280 g/mol. The molecule has 0 aliphatic carbocycles. The van der Waals surface area contributed by atoms with E-state index in [4.69, 9.17) is 39.9 Å². The summed E-state index contributed by atoms with van der Waals surface area (Å²) < 4.78 is -0.501. The van der Waals surface area contributed by atoms with Crippen molar-refractivity contribution < 1.29 is 9.90 Å². The molecule has 0 saturated carbocycles. The minimum Gasteiger partial charge on any atom is -0.477 e. The van der Waals surface area contributed by atoms with Crippen LogP contribution in [0, 0.1) is 0 Å². The van der Waals surface area contributed by atoms with E-state index in [1.54, 1.807) is 24.4 Å². The summed E-state index contributed by atoms with van der Waals surface area (Å²) in [4.78, 5) is 15.1. The Morgan fingerprint density at radius 2 is 2.06 bits per heavy atom. The SMILES string of the molecule is O=C(O)c1c(C(Cl)(Cl)Cl)nc2ccccn12. The fraction of sp³-hybridized carbons (Fsp3) is 0.111. The number of carbonyl (C=O) groups is 1. The molecule has 0 fully saturated rings. The first kappa shape index (κ1) is 11.5. The molecule has 0 unspecified atom stereocenters. The van der Waals surface area contributed by atoms with E-state index in [0.717, 1.165) is 0 Å². The van der Waals surface area contributed by atoms with Crippen molar-refractivity contribution in [2.24, 2.45) is 0 Å². The summed E-state index contributed by atoms with van der Waals surface area (Å²) in [5.74, 6) is -1.19. The van der Waals surface area contributed by atoms with Gasteiger partial charge in [0.05, 0.1) is 0 Å². The van der Waals surface area contributed by atoms with Crippen molar-refractivity contribution in [1.82, 2.24) is 9.38 Å². The van der Waals surface area contributed by atoms with Gasteiger partial charge in [-0.15, -0.1) is 0 Å². The number of nitrogens with zero attached hydrogens (tertiary/aromatic N) is 2. The van der Waals surface area contributed by atoms with Crippen LogP contribution in [-0.4, -0.2) is 20.5 Å². The molecule has 0 radical (unpaired) electrons. The molecule has 7 heteroatoms. The molecule has 2 aromatic rings. The minimum absolute atomic E-state index is 0.0869. The van der Waals surface area contributed by atoms with E-state index in [1.807, 2.05) is 0 Å². The zero-order chi connectivity index (χ0) is 11.9. The van der Waals surface area contributed by atoms with Gasteiger partial charge in [0.15, 0.2) is 5.69 Å². The summed E-state index contributed by atoms with van der Waals surface area (Å²) in [5.41, 5.74) is 0.188. The van der Waals surface area contributed by atoms with Gasteiger partial charge < -0.3 is 5.11 Å². The smallest absolute Gasteiger partial charge is 0.355 e. The standard InChI is InChI=1S/C9H5Cl3N2O2/c10-9(11,12)7-6(8(15)16)14-4-2-1-3-5(14)13-7/h1-4H,(H,15,16). The molecule has 84 valence electrons. The number of aromatic carboxylic acids is 1. The quantitative estimate of drug-likeness (QED) is 0.817. The van der Waals surface area contributed by atoms with E-state index in [0.29, 0.717) is 5.65 Å². The number of pyridine rings is 1. The fourth-order valence-electron chi connectivity index (χ4n) is 1.40. The molecular weight excluding hydrogens is 274 g/mol. The van der Waals surface area contributed by atoms with Gasteiger partial charge in [-0.2, -0.15) is 0 Å². The number of halogens is 3. The van der Waals surface area contributed by atoms with Crippen molar-refractivity contribution >= 4 is 46.4 Å². The maximum atomic E-state index is 11.1. The van der Waals surface area contributed by atoms with E-state index in [2.05, 4.69) is 4.98 Å². The number of hydrogen-bond donors (Lipinski definition) is 1. The van der Waals surface area contributed by atoms with Gasteiger partial charge in [-0.3, -0.25) is 4.40 Å². The fourth-order valence-corrected chi connectivity index (χ4v) is 1.79. The molecule has 0 spiro atoms. The monoisotopic (exact) mass is 278 g/mol. The van der Waals surface area contributed by atoms with Crippen molar-refractivity contribution in [2.45, 2.75) is 3.79 Å². The lowest BCUT2D eigenvalue weighted by Crippen LogP contribution is -2.11. The van der Waals surface area contributed by atoms with Crippen molar-refractivity contribution in [3.05, 3.63) is 35.8 Å². The highest BCUT2D eigenvalue weighted by atomic mass is 35.6. The Hall–Kier alpha value is -0.970. The van der Waals surface area contributed by atoms with Gasteiger partial charge in [-0.1, -0.05) is 40.9 Å². The van der Waals surface area contributed by atoms with Crippen LogP contribution in [0.4, 0.5) is 0 Å². The van der Waals surface area contributed by atoms with E-state index in [-0.39, 0.29) is 11.4 Å². The maximum Gasteiger partial charge on any atom is 0.355 e. The van der Waals surface area contributed by atoms with Gasteiger partial charge in [-0.25, -0.2) is 9.78 Å². The Balaban J connectivity index is 2.84. The molecule has 1 N–H and O–H groups in total. The zero-order valence-electron chi connectivity index (χ0n) is 7.69. The summed E-state index contributed by atoms with van der Waals surface area (Å²) >= 11 is 17.0. The minimum atomic E-state index is -1.86. The summed E-state index contributed by atoms with van der Waals surface area (Å²) in [7, 11) is 0. The van der Waals surface area contributed by atoms with Gasteiger partial charge in [0, 0.05) is 6.20 Å². The Kier molecular flexibility index (Phi) is 2.74. The second-order valence-electron chi connectivity index (χ2n) is 3.04. The third-order valence-electron chi connectivity index (χ3n) is 2.00.